The van der Waals surface area contributed by atoms with Crippen LogP contribution in [-0.2, 0) is 13.0 Å². The van der Waals surface area contributed by atoms with Crippen LogP contribution in [-0.4, -0.2) is 6.54 Å². The van der Waals surface area contributed by atoms with Crippen LogP contribution >= 0.6 is 0 Å². The second-order valence-corrected chi connectivity index (χ2v) is 4.40. The lowest BCUT2D eigenvalue weighted by Gasteiger charge is -2.07. The molecule has 0 amide bonds. The fourth-order valence-corrected chi connectivity index (χ4v) is 1.90. The summed E-state index contributed by atoms with van der Waals surface area (Å²) in [5.41, 5.74) is 0.446. The van der Waals surface area contributed by atoms with Crippen molar-refractivity contribution >= 4 is 0 Å². The predicted molar refractivity (Wildman–Crippen MR) is 68.1 cm³/mol. The van der Waals surface area contributed by atoms with Crippen LogP contribution in [0.1, 0.15) is 11.1 Å². The third kappa shape index (κ3) is 3.81. The molecule has 0 spiro atoms. The molecule has 0 aromatic heterocycles. The predicted octanol–water partition coefficient (Wildman–Crippen LogP) is 3.58. The van der Waals surface area contributed by atoms with Crippen LogP contribution in [0, 0.1) is 23.3 Å². The first-order valence-corrected chi connectivity index (χ1v) is 6.15. The van der Waals surface area contributed by atoms with E-state index >= 15 is 0 Å². The van der Waals surface area contributed by atoms with Crippen molar-refractivity contribution in [1.82, 2.24) is 5.32 Å². The number of hydrogen-bond donors (Lipinski definition) is 1. The van der Waals surface area contributed by atoms with Crippen molar-refractivity contribution in [2.45, 2.75) is 13.0 Å². The Labute approximate surface area is 114 Å². The summed E-state index contributed by atoms with van der Waals surface area (Å²) in [7, 11) is 0. The summed E-state index contributed by atoms with van der Waals surface area (Å²) in [6, 6.07) is 6.92. The minimum atomic E-state index is -0.639. The maximum Gasteiger partial charge on any atom is 0.130 e. The molecule has 0 bridgehead atoms. The van der Waals surface area contributed by atoms with Gasteiger partial charge in [-0.3, -0.25) is 0 Å². The highest BCUT2D eigenvalue weighted by Crippen LogP contribution is 2.12. The van der Waals surface area contributed by atoms with Gasteiger partial charge >= 0.3 is 0 Å². The van der Waals surface area contributed by atoms with Crippen LogP contribution in [0.2, 0.25) is 0 Å². The first kappa shape index (κ1) is 14.5. The molecule has 0 aliphatic heterocycles. The van der Waals surface area contributed by atoms with Crippen LogP contribution in [0.5, 0.6) is 0 Å². The molecule has 20 heavy (non-hydrogen) atoms. The highest BCUT2D eigenvalue weighted by atomic mass is 19.1. The molecule has 106 valence electrons. The van der Waals surface area contributed by atoms with Gasteiger partial charge in [0.05, 0.1) is 0 Å². The lowest BCUT2D eigenvalue weighted by atomic mass is 10.1. The van der Waals surface area contributed by atoms with Gasteiger partial charge in [0.25, 0.3) is 0 Å². The Kier molecular flexibility index (Phi) is 4.74. The zero-order valence-corrected chi connectivity index (χ0v) is 10.6. The summed E-state index contributed by atoms with van der Waals surface area (Å²) in [5.74, 6) is -2.51. The monoisotopic (exact) mass is 283 g/mol. The number of halogens is 4. The Morgan fingerprint density at radius 3 is 2.05 bits per heavy atom. The maximum absolute atomic E-state index is 13.3. The summed E-state index contributed by atoms with van der Waals surface area (Å²) in [6.45, 7) is 0.382. The molecule has 0 aliphatic rings. The molecule has 1 nitrogen and oxygen atoms in total. The van der Waals surface area contributed by atoms with Crippen LogP contribution in [0.4, 0.5) is 17.6 Å². The Morgan fingerprint density at radius 2 is 1.45 bits per heavy atom. The molecule has 0 unspecified atom stereocenters. The Morgan fingerprint density at radius 1 is 0.850 bits per heavy atom. The van der Waals surface area contributed by atoms with Gasteiger partial charge in [0.1, 0.15) is 23.3 Å². The van der Waals surface area contributed by atoms with Gasteiger partial charge in [-0.15, -0.1) is 0 Å². The summed E-state index contributed by atoms with van der Waals surface area (Å²) >= 11 is 0. The second kappa shape index (κ2) is 6.52. The van der Waals surface area contributed by atoms with Gasteiger partial charge < -0.3 is 5.32 Å². The van der Waals surface area contributed by atoms with E-state index in [2.05, 4.69) is 5.32 Å². The number of rotatable bonds is 5. The Bertz CT molecular complexity index is 558. The fraction of sp³-hybridized carbons (Fsp3) is 0.200. The van der Waals surface area contributed by atoms with E-state index in [9.17, 15) is 17.6 Å². The van der Waals surface area contributed by atoms with E-state index in [1.807, 2.05) is 0 Å². The largest absolute Gasteiger partial charge is 0.312 e. The van der Waals surface area contributed by atoms with Gasteiger partial charge in [-0.25, -0.2) is 17.6 Å². The molecule has 0 aliphatic carbocycles. The summed E-state index contributed by atoms with van der Waals surface area (Å²) < 4.78 is 52.6. The molecule has 2 aromatic carbocycles. The third-order valence-electron chi connectivity index (χ3n) is 2.88. The average Bonchev–Trinajstić information content (AvgIpc) is 2.36. The summed E-state index contributed by atoms with van der Waals surface area (Å²) in [5, 5.41) is 2.85. The third-order valence-corrected chi connectivity index (χ3v) is 2.88. The molecule has 5 heteroatoms. The van der Waals surface area contributed by atoms with Gasteiger partial charge in [-0.2, -0.15) is 0 Å². The maximum atomic E-state index is 13.3. The molecule has 1 N–H and O–H groups in total. The van der Waals surface area contributed by atoms with Gasteiger partial charge in [0.2, 0.25) is 0 Å². The molecule has 0 fully saturated rings. The van der Waals surface area contributed by atoms with Crippen molar-refractivity contribution in [3.8, 4) is 0 Å². The first-order valence-electron chi connectivity index (χ1n) is 6.15. The summed E-state index contributed by atoms with van der Waals surface area (Å²) in [4.78, 5) is 0. The standard InChI is InChI=1S/C15H13F4N/c16-11-6-10(7-12(17)8-11)4-5-20-9-13-14(18)2-1-3-15(13)19/h1-3,6-8,20H,4-5,9H2. The topological polar surface area (TPSA) is 12.0 Å². The molecule has 2 aromatic rings. The lowest BCUT2D eigenvalue weighted by Crippen LogP contribution is -2.18. The Balaban J connectivity index is 1.88. The molecule has 0 saturated carbocycles. The number of hydrogen-bond acceptors (Lipinski definition) is 1. The van der Waals surface area contributed by atoms with Crippen LogP contribution in [0.15, 0.2) is 36.4 Å². The van der Waals surface area contributed by atoms with Gasteiger partial charge in [-0.1, -0.05) is 6.07 Å². The zero-order valence-electron chi connectivity index (χ0n) is 10.6. The quantitative estimate of drug-likeness (QED) is 0.653. The second-order valence-electron chi connectivity index (χ2n) is 4.40. The molecule has 0 atom stereocenters. The van der Waals surface area contributed by atoms with Crippen molar-refractivity contribution in [2.75, 3.05) is 6.54 Å². The van der Waals surface area contributed by atoms with E-state index in [0.717, 1.165) is 6.07 Å². The minimum Gasteiger partial charge on any atom is -0.312 e. The highest BCUT2D eigenvalue weighted by molar-refractivity contribution is 5.20. The van der Waals surface area contributed by atoms with Crippen LogP contribution in [0.25, 0.3) is 0 Å². The minimum absolute atomic E-state index is 0.0241. The first-order chi connectivity index (χ1) is 9.56. The Hall–Kier alpha value is -1.88. The van der Waals surface area contributed by atoms with E-state index < -0.39 is 23.3 Å². The smallest absolute Gasteiger partial charge is 0.130 e. The summed E-state index contributed by atoms with van der Waals surface area (Å²) in [6.07, 6.45) is 0.366. The molecule has 0 saturated heterocycles. The lowest BCUT2D eigenvalue weighted by molar-refractivity contribution is 0.535. The highest BCUT2D eigenvalue weighted by Gasteiger charge is 2.07. The van der Waals surface area contributed by atoms with Crippen molar-refractivity contribution in [1.29, 1.82) is 0 Å². The van der Waals surface area contributed by atoms with E-state index in [1.54, 1.807) is 0 Å². The van der Waals surface area contributed by atoms with E-state index in [1.165, 1.54) is 30.3 Å². The average molecular weight is 283 g/mol. The van der Waals surface area contributed by atoms with Crippen molar-refractivity contribution in [3.63, 3.8) is 0 Å². The molecular formula is C15H13F4N. The van der Waals surface area contributed by atoms with Gasteiger partial charge in [-0.05, 0) is 42.8 Å². The van der Waals surface area contributed by atoms with Crippen molar-refractivity contribution in [3.05, 3.63) is 70.8 Å². The number of nitrogens with one attached hydrogen (secondary N) is 1. The number of benzene rings is 2. The molecular weight excluding hydrogens is 270 g/mol. The van der Waals surface area contributed by atoms with Crippen molar-refractivity contribution in [2.24, 2.45) is 0 Å². The van der Waals surface area contributed by atoms with E-state index in [0.29, 0.717) is 18.5 Å². The van der Waals surface area contributed by atoms with Crippen LogP contribution < -0.4 is 5.32 Å². The van der Waals surface area contributed by atoms with Gasteiger partial charge in [0.15, 0.2) is 0 Å². The normalized spacial score (nSPS) is 10.8. The zero-order chi connectivity index (χ0) is 14.5. The van der Waals surface area contributed by atoms with Gasteiger partial charge in [0, 0.05) is 18.2 Å². The molecule has 2 rings (SSSR count). The SMILES string of the molecule is Fc1cc(F)cc(CCNCc2c(F)cccc2F)c1. The van der Waals surface area contributed by atoms with E-state index in [-0.39, 0.29) is 12.1 Å². The molecule has 0 heterocycles. The van der Waals surface area contributed by atoms with Crippen LogP contribution in [0.3, 0.4) is 0 Å². The van der Waals surface area contributed by atoms with Crippen molar-refractivity contribution < 1.29 is 17.6 Å². The van der Waals surface area contributed by atoms with E-state index in [4.69, 9.17) is 0 Å². The fourth-order valence-electron chi connectivity index (χ4n) is 1.90. The molecule has 0 radical (unpaired) electrons.